The van der Waals surface area contributed by atoms with Crippen molar-refractivity contribution in [2.75, 3.05) is 4.90 Å². The second-order valence-electron chi connectivity index (χ2n) is 16.0. The Balaban J connectivity index is 1.08. The molecule has 0 fully saturated rings. The van der Waals surface area contributed by atoms with E-state index < -0.39 is 5.41 Å². The number of para-hydroxylation sites is 2. The molecule has 0 saturated carbocycles. The molecule has 0 bridgehead atoms. The number of rotatable bonds is 5. The van der Waals surface area contributed by atoms with Crippen LogP contribution in [0.15, 0.2) is 224 Å². The van der Waals surface area contributed by atoms with E-state index in [4.69, 9.17) is 4.74 Å². The van der Waals surface area contributed by atoms with Gasteiger partial charge in [0.2, 0.25) is 0 Å². The molecule has 10 aromatic rings. The first-order valence-electron chi connectivity index (χ1n) is 20.8. The molecule has 0 saturated heterocycles. The zero-order chi connectivity index (χ0) is 39.6. The Bertz CT molecular complexity index is 3070. The van der Waals surface area contributed by atoms with Gasteiger partial charge in [-0.1, -0.05) is 182 Å². The van der Waals surface area contributed by atoms with Crippen molar-refractivity contribution in [2.24, 2.45) is 0 Å². The van der Waals surface area contributed by atoms with Gasteiger partial charge in [-0.25, -0.2) is 0 Å². The number of hydrogen-bond donors (Lipinski definition) is 0. The summed E-state index contributed by atoms with van der Waals surface area (Å²) < 4.78 is 6.69. The highest BCUT2D eigenvalue weighted by Crippen LogP contribution is 2.59. The van der Waals surface area contributed by atoms with Crippen molar-refractivity contribution in [1.29, 1.82) is 0 Å². The van der Waals surface area contributed by atoms with Gasteiger partial charge in [0.1, 0.15) is 11.5 Å². The summed E-state index contributed by atoms with van der Waals surface area (Å²) in [7, 11) is 0. The molecule has 1 heterocycles. The summed E-state index contributed by atoms with van der Waals surface area (Å²) in [6, 6.07) is 82.0. The highest BCUT2D eigenvalue weighted by Gasteiger charge is 2.49. The van der Waals surface area contributed by atoms with Crippen LogP contribution in [-0.2, 0) is 11.8 Å². The molecule has 0 N–H and O–H groups in total. The van der Waals surface area contributed by atoms with Crippen LogP contribution in [0.3, 0.4) is 0 Å². The first kappa shape index (κ1) is 34.4. The lowest BCUT2D eigenvalue weighted by Gasteiger charge is -2.46. The maximum atomic E-state index is 6.69. The van der Waals surface area contributed by atoms with Gasteiger partial charge >= 0.3 is 0 Å². The van der Waals surface area contributed by atoms with E-state index in [-0.39, 0.29) is 0 Å². The number of nitrogens with zero attached hydrogens (tertiary/aromatic N) is 1. The summed E-state index contributed by atoms with van der Waals surface area (Å²) in [6.07, 6.45) is 0.799. The van der Waals surface area contributed by atoms with Crippen LogP contribution in [0.25, 0.3) is 43.8 Å². The van der Waals surface area contributed by atoms with E-state index in [2.05, 4.69) is 229 Å². The Morgan fingerprint density at radius 3 is 1.40 bits per heavy atom. The number of benzene rings is 10. The fraction of sp³-hybridized carbons (Fsp3) is 0.0345. The van der Waals surface area contributed by atoms with Crippen molar-refractivity contribution in [2.45, 2.75) is 11.8 Å². The van der Waals surface area contributed by atoms with Gasteiger partial charge in [0, 0.05) is 34.6 Å². The Kier molecular flexibility index (Phi) is 7.86. The highest BCUT2D eigenvalue weighted by atomic mass is 16.5. The largest absolute Gasteiger partial charge is 0.457 e. The average Bonchev–Trinajstić information content (AvgIpc) is 3.32. The van der Waals surface area contributed by atoms with Crippen molar-refractivity contribution in [1.82, 2.24) is 0 Å². The topological polar surface area (TPSA) is 12.5 Å². The van der Waals surface area contributed by atoms with Crippen LogP contribution in [0, 0.1) is 0 Å². The van der Waals surface area contributed by atoms with E-state index in [0.29, 0.717) is 0 Å². The molecule has 0 aromatic heterocycles. The Hall–Kier alpha value is -7.68. The first-order valence-corrected chi connectivity index (χ1v) is 20.8. The molecule has 0 radical (unpaired) electrons. The SMILES string of the molecule is c1ccc2c(c1)Cc1c(N(c3ccc(-c4cccc5ccccc45)cc3)c3ccc(-c4cccc5ccccc45)cc3)cccc1C21c2ccccc2Oc2ccccc21. The number of anilines is 3. The van der Waals surface area contributed by atoms with Crippen molar-refractivity contribution < 1.29 is 4.74 Å². The molecular formula is C58H39NO. The van der Waals surface area contributed by atoms with Crippen LogP contribution in [0.4, 0.5) is 17.1 Å². The standard InChI is InChI=1S/C58H39NO/c1-4-19-46-39(14-1)17-11-21-48(46)41-30-34-44(35-31-41)59(45-36-32-42(33-37-45)49-22-12-18-40-15-2-5-20-47(40)49)55-27-13-26-52-50(55)38-43-16-3-6-23-51(43)58(52)53-24-7-9-28-56(53)60-57-29-10-8-25-54(57)58/h1-37H,38H2. The molecule has 12 rings (SSSR count). The van der Waals surface area contributed by atoms with E-state index in [0.717, 1.165) is 29.3 Å². The van der Waals surface area contributed by atoms with E-state index in [1.807, 2.05) is 0 Å². The van der Waals surface area contributed by atoms with Gasteiger partial charge in [0.15, 0.2) is 0 Å². The van der Waals surface area contributed by atoms with Gasteiger partial charge < -0.3 is 9.64 Å². The smallest absolute Gasteiger partial charge is 0.132 e. The third-order valence-electron chi connectivity index (χ3n) is 12.8. The maximum Gasteiger partial charge on any atom is 0.132 e. The van der Waals surface area contributed by atoms with Crippen molar-refractivity contribution in [3.05, 3.63) is 258 Å². The zero-order valence-corrected chi connectivity index (χ0v) is 32.9. The number of fused-ring (bicyclic) bond motifs is 10. The van der Waals surface area contributed by atoms with Gasteiger partial charge in [-0.05, 0) is 109 Å². The zero-order valence-electron chi connectivity index (χ0n) is 32.9. The summed E-state index contributed by atoms with van der Waals surface area (Å²) in [5.41, 5.74) is 15.2. The quantitative estimate of drug-likeness (QED) is 0.173. The Morgan fingerprint density at radius 1 is 0.367 bits per heavy atom. The number of ether oxygens (including phenoxy) is 1. The molecule has 10 aromatic carbocycles. The van der Waals surface area contributed by atoms with Crippen molar-refractivity contribution >= 4 is 38.6 Å². The van der Waals surface area contributed by atoms with Crippen LogP contribution < -0.4 is 9.64 Å². The van der Waals surface area contributed by atoms with Crippen LogP contribution >= 0.6 is 0 Å². The minimum atomic E-state index is -0.576. The molecule has 60 heavy (non-hydrogen) atoms. The summed E-state index contributed by atoms with van der Waals surface area (Å²) >= 11 is 0. The highest BCUT2D eigenvalue weighted by molar-refractivity contribution is 5.98. The van der Waals surface area contributed by atoms with Crippen LogP contribution in [-0.4, -0.2) is 0 Å². The molecule has 0 unspecified atom stereocenters. The average molecular weight is 766 g/mol. The second kappa shape index (κ2) is 13.7. The van der Waals surface area contributed by atoms with Gasteiger partial charge in [0.05, 0.1) is 5.41 Å². The Morgan fingerprint density at radius 2 is 0.817 bits per heavy atom. The van der Waals surface area contributed by atoms with Gasteiger partial charge in [-0.2, -0.15) is 0 Å². The van der Waals surface area contributed by atoms with E-state index >= 15 is 0 Å². The normalized spacial score (nSPS) is 13.2. The predicted octanol–water partition coefficient (Wildman–Crippen LogP) is 15.2. The lowest BCUT2D eigenvalue weighted by molar-refractivity contribution is 0.432. The van der Waals surface area contributed by atoms with E-state index in [1.165, 1.54) is 82.9 Å². The van der Waals surface area contributed by atoms with E-state index in [1.54, 1.807) is 0 Å². The molecule has 1 aliphatic carbocycles. The van der Waals surface area contributed by atoms with Crippen molar-refractivity contribution in [3.8, 4) is 33.8 Å². The van der Waals surface area contributed by atoms with E-state index in [9.17, 15) is 0 Å². The van der Waals surface area contributed by atoms with Crippen LogP contribution in [0.2, 0.25) is 0 Å². The minimum absolute atomic E-state index is 0.576. The molecule has 1 aliphatic heterocycles. The summed E-state index contributed by atoms with van der Waals surface area (Å²) in [6.45, 7) is 0. The fourth-order valence-electron chi connectivity index (χ4n) is 10.2. The number of hydrogen-bond acceptors (Lipinski definition) is 2. The fourth-order valence-corrected chi connectivity index (χ4v) is 10.2. The summed E-state index contributed by atoms with van der Waals surface area (Å²) in [4.78, 5) is 2.47. The van der Waals surface area contributed by atoms with Gasteiger partial charge in [-0.3, -0.25) is 0 Å². The molecule has 2 heteroatoms. The molecule has 1 spiro atoms. The maximum absolute atomic E-state index is 6.69. The monoisotopic (exact) mass is 765 g/mol. The first-order chi connectivity index (χ1) is 29.8. The third kappa shape index (κ3) is 5.21. The second-order valence-corrected chi connectivity index (χ2v) is 16.0. The predicted molar refractivity (Wildman–Crippen MR) is 248 cm³/mol. The minimum Gasteiger partial charge on any atom is -0.457 e. The third-order valence-corrected chi connectivity index (χ3v) is 12.8. The van der Waals surface area contributed by atoms with Gasteiger partial charge in [-0.15, -0.1) is 0 Å². The summed E-state index contributed by atoms with van der Waals surface area (Å²) in [5, 5.41) is 5.00. The molecule has 0 atom stereocenters. The molecule has 282 valence electrons. The molecule has 2 nitrogen and oxygen atoms in total. The molecule has 0 amide bonds. The van der Waals surface area contributed by atoms with Crippen molar-refractivity contribution in [3.63, 3.8) is 0 Å². The lowest BCUT2D eigenvalue weighted by atomic mass is 9.58. The molecule has 2 aliphatic rings. The summed E-state index contributed by atoms with van der Waals surface area (Å²) in [5.74, 6) is 1.79. The Labute approximate surface area is 350 Å². The lowest BCUT2D eigenvalue weighted by Crippen LogP contribution is -2.38. The van der Waals surface area contributed by atoms with Gasteiger partial charge in [0.25, 0.3) is 0 Å². The van der Waals surface area contributed by atoms with Crippen LogP contribution in [0.1, 0.15) is 33.4 Å². The van der Waals surface area contributed by atoms with Crippen LogP contribution in [0.5, 0.6) is 11.5 Å². The molecular weight excluding hydrogens is 727 g/mol.